The van der Waals surface area contributed by atoms with Crippen molar-refractivity contribution >= 4 is 35.5 Å². The van der Waals surface area contributed by atoms with E-state index in [2.05, 4.69) is 16.0 Å². The smallest absolute Gasteiger partial charge is 0.326 e. The summed E-state index contributed by atoms with van der Waals surface area (Å²) >= 11 is 1.45. The fourth-order valence-corrected chi connectivity index (χ4v) is 3.38. The van der Waals surface area contributed by atoms with Crippen molar-refractivity contribution < 1.29 is 29.4 Å². The fraction of sp³-hybridized carbons (Fsp3) is 0.800. The Labute approximate surface area is 199 Å². The summed E-state index contributed by atoms with van der Waals surface area (Å²) in [5.74, 6) is -2.68. The molecule has 0 radical (unpaired) electrons. The highest BCUT2D eigenvalue weighted by Gasteiger charge is 2.29. The number of thioether (sulfide) groups is 1. The summed E-state index contributed by atoms with van der Waals surface area (Å²) in [6.45, 7) is 0.198. The highest BCUT2D eigenvalue weighted by molar-refractivity contribution is 7.98. The number of carboxylic acid groups (broad SMARTS) is 1. The molecule has 0 heterocycles. The second-order valence-electron chi connectivity index (χ2n) is 7.66. The average molecular weight is 493 g/mol. The molecule has 0 spiro atoms. The van der Waals surface area contributed by atoms with Gasteiger partial charge in [-0.15, -0.1) is 0 Å². The zero-order valence-corrected chi connectivity index (χ0v) is 20.1. The van der Waals surface area contributed by atoms with Crippen LogP contribution in [0.5, 0.6) is 0 Å². The molecular weight excluding hydrogens is 452 g/mol. The Hall–Kier alpha value is -1.93. The van der Waals surface area contributed by atoms with E-state index in [-0.39, 0.29) is 12.8 Å². The van der Waals surface area contributed by atoms with Crippen molar-refractivity contribution in [3.05, 3.63) is 0 Å². The van der Waals surface area contributed by atoms with Crippen LogP contribution >= 0.6 is 11.8 Å². The highest BCUT2D eigenvalue weighted by Crippen LogP contribution is 2.06. The van der Waals surface area contributed by atoms with Crippen molar-refractivity contribution in [2.45, 2.75) is 69.1 Å². The lowest BCUT2D eigenvalue weighted by molar-refractivity contribution is -0.142. The van der Waals surface area contributed by atoms with Gasteiger partial charge in [-0.05, 0) is 63.6 Å². The predicted molar refractivity (Wildman–Crippen MR) is 127 cm³/mol. The highest BCUT2D eigenvalue weighted by atomic mass is 32.2. The van der Waals surface area contributed by atoms with Crippen molar-refractivity contribution in [1.29, 1.82) is 0 Å². The van der Waals surface area contributed by atoms with Crippen LogP contribution in [-0.4, -0.2) is 89.8 Å². The van der Waals surface area contributed by atoms with Gasteiger partial charge in [-0.1, -0.05) is 6.42 Å². The van der Waals surface area contributed by atoms with Crippen LogP contribution < -0.4 is 33.2 Å². The minimum atomic E-state index is -1.30. The van der Waals surface area contributed by atoms with Gasteiger partial charge < -0.3 is 43.4 Å². The first-order valence-electron chi connectivity index (χ1n) is 11.1. The molecule has 4 unspecified atom stereocenters. The number of hydrogen-bond acceptors (Lipinski definition) is 9. The van der Waals surface area contributed by atoms with Gasteiger partial charge in [0.15, 0.2) is 0 Å². The number of unbranched alkanes of at least 4 members (excludes halogenated alkanes) is 2. The van der Waals surface area contributed by atoms with E-state index in [9.17, 15) is 29.4 Å². The molecule has 4 atom stereocenters. The molecule has 0 bridgehead atoms. The lowest BCUT2D eigenvalue weighted by atomic mass is 10.1. The van der Waals surface area contributed by atoms with E-state index in [0.717, 1.165) is 0 Å². The van der Waals surface area contributed by atoms with E-state index in [1.807, 2.05) is 6.26 Å². The third-order valence-electron chi connectivity index (χ3n) is 4.93. The molecule has 33 heavy (non-hydrogen) atoms. The molecule has 11 N–H and O–H groups in total. The third-order valence-corrected chi connectivity index (χ3v) is 5.57. The molecule has 3 amide bonds. The van der Waals surface area contributed by atoms with Crippen molar-refractivity contribution in [2.75, 3.05) is 31.7 Å². The molecule has 0 aromatic heterocycles. The lowest BCUT2D eigenvalue weighted by Gasteiger charge is -2.24. The molecule has 0 aliphatic carbocycles. The minimum absolute atomic E-state index is 0.207. The van der Waals surface area contributed by atoms with E-state index in [1.165, 1.54) is 11.8 Å². The molecule has 0 rings (SSSR count). The van der Waals surface area contributed by atoms with E-state index >= 15 is 0 Å². The summed E-state index contributed by atoms with van der Waals surface area (Å²) in [6, 6.07) is -4.32. The van der Waals surface area contributed by atoms with Gasteiger partial charge >= 0.3 is 5.97 Å². The summed E-state index contributed by atoms with van der Waals surface area (Å²) in [6.07, 6.45) is 5.15. The molecule has 0 saturated heterocycles. The number of nitrogens with two attached hydrogens (primary N) is 3. The van der Waals surface area contributed by atoms with Crippen LogP contribution in [0.3, 0.4) is 0 Å². The van der Waals surface area contributed by atoms with Crippen LogP contribution in [0.4, 0.5) is 0 Å². The SMILES string of the molecule is CSCCC(NC(=O)C(CO)NC(=O)C(N)CCCCN)C(=O)NC(CCCCN)C(=O)O. The fourth-order valence-electron chi connectivity index (χ4n) is 2.91. The Morgan fingerprint density at radius 2 is 1.30 bits per heavy atom. The summed E-state index contributed by atoms with van der Waals surface area (Å²) in [5.41, 5.74) is 16.7. The average Bonchev–Trinajstić information content (AvgIpc) is 2.78. The van der Waals surface area contributed by atoms with E-state index in [0.29, 0.717) is 50.9 Å². The Bertz CT molecular complexity index is 612. The molecule has 192 valence electrons. The number of aliphatic hydroxyl groups is 1. The molecule has 12 nitrogen and oxygen atoms in total. The van der Waals surface area contributed by atoms with Gasteiger partial charge in [0.1, 0.15) is 18.1 Å². The van der Waals surface area contributed by atoms with Crippen LogP contribution in [0.15, 0.2) is 0 Å². The number of aliphatic hydroxyl groups excluding tert-OH is 1. The molecule has 0 aliphatic heterocycles. The zero-order chi connectivity index (χ0) is 25.2. The standard InChI is InChI=1S/C20H40N6O6S/c1-33-11-8-14(18(29)25-15(20(31)32)7-3-5-10-22)24-19(30)16(12-27)26-17(28)13(23)6-2-4-9-21/h13-16,27H,2-12,21-23H2,1H3,(H,24,30)(H,25,29)(H,26,28)(H,31,32). The second kappa shape index (κ2) is 18.5. The van der Waals surface area contributed by atoms with Gasteiger partial charge in [0.05, 0.1) is 12.6 Å². The maximum Gasteiger partial charge on any atom is 0.326 e. The number of rotatable bonds is 19. The normalized spacial score (nSPS) is 14.6. The molecule has 0 fully saturated rings. The minimum Gasteiger partial charge on any atom is -0.480 e. The van der Waals surface area contributed by atoms with Crippen LogP contribution in [0.1, 0.15) is 44.9 Å². The third kappa shape index (κ3) is 13.4. The van der Waals surface area contributed by atoms with E-state index in [1.54, 1.807) is 0 Å². The number of amides is 3. The summed E-state index contributed by atoms with van der Waals surface area (Å²) in [5, 5.41) is 26.3. The Balaban J connectivity index is 5.09. The molecular formula is C20H40N6O6S. The van der Waals surface area contributed by atoms with E-state index < -0.39 is 54.5 Å². The van der Waals surface area contributed by atoms with Gasteiger partial charge in [0.2, 0.25) is 17.7 Å². The summed E-state index contributed by atoms with van der Waals surface area (Å²) < 4.78 is 0. The second-order valence-corrected chi connectivity index (χ2v) is 8.65. The van der Waals surface area contributed by atoms with E-state index in [4.69, 9.17) is 17.2 Å². The zero-order valence-electron chi connectivity index (χ0n) is 19.3. The van der Waals surface area contributed by atoms with Crippen molar-refractivity contribution in [3.8, 4) is 0 Å². The number of hydrogen-bond donors (Lipinski definition) is 8. The van der Waals surface area contributed by atoms with Crippen LogP contribution in [0, 0.1) is 0 Å². The molecule has 0 aromatic carbocycles. The Morgan fingerprint density at radius 3 is 1.82 bits per heavy atom. The maximum atomic E-state index is 12.7. The monoisotopic (exact) mass is 492 g/mol. The molecule has 13 heteroatoms. The number of carbonyl (C=O) groups is 4. The largest absolute Gasteiger partial charge is 0.480 e. The number of aliphatic carboxylic acids is 1. The molecule has 0 aliphatic rings. The number of carboxylic acids is 1. The van der Waals surface area contributed by atoms with Gasteiger partial charge in [-0.3, -0.25) is 14.4 Å². The molecule has 0 aromatic rings. The first-order valence-corrected chi connectivity index (χ1v) is 12.5. The van der Waals surface area contributed by atoms with Crippen LogP contribution in [-0.2, 0) is 19.2 Å². The number of nitrogens with one attached hydrogen (secondary N) is 3. The predicted octanol–water partition coefficient (Wildman–Crippen LogP) is -2.14. The van der Waals surface area contributed by atoms with Crippen LogP contribution in [0.2, 0.25) is 0 Å². The van der Waals surface area contributed by atoms with Crippen LogP contribution in [0.25, 0.3) is 0 Å². The molecule has 0 saturated carbocycles. The topological polar surface area (TPSA) is 223 Å². The van der Waals surface area contributed by atoms with Gasteiger partial charge in [0.25, 0.3) is 0 Å². The van der Waals surface area contributed by atoms with Gasteiger partial charge in [-0.2, -0.15) is 11.8 Å². The quantitative estimate of drug-likeness (QED) is 0.0913. The van der Waals surface area contributed by atoms with Crippen molar-refractivity contribution in [2.24, 2.45) is 17.2 Å². The first kappa shape index (κ1) is 31.1. The summed E-state index contributed by atoms with van der Waals surface area (Å²) in [4.78, 5) is 49.1. The first-order chi connectivity index (χ1) is 15.7. The van der Waals surface area contributed by atoms with Crippen molar-refractivity contribution in [1.82, 2.24) is 16.0 Å². The Morgan fingerprint density at radius 1 is 0.788 bits per heavy atom. The van der Waals surface area contributed by atoms with Crippen molar-refractivity contribution in [3.63, 3.8) is 0 Å². The maximum absolute atomic E-state index is 12.7. The Kier molecular flexibility index (Phi) is 17.4. The van der Waals surface area contributed by atoms with Gasteiger partial charge in [-0.25, -0.2) is 4.79 Å². The number of carbonyl (C=O) groups excluding carboxylic acids is 3. The summed E-state index contributed by atoms with van der Waals surface area (Å²) in [7, 11) is 0. The van der Waals surface area contributed by atoms with Gasteiger partial charge in [0, 0.05) is 0 Å². The lowest BCUT2D eigenvalue weighted by Crippen LogP contribution is -2.58.